The van der Waals surface area contributed by atoms with Crippen LogP contribution in [0.4, 0.5) is 5.82 Å². The van der Waals surface area contributed by atoms with Crippen molar-refractivity contribution in [2.45, 2.75) is 6.42 Å². The first kappa shape index (κ1) is 17.6. The van der Waals surface area contributed by atoms with Gasteiger partial charge in [-0.2, -0.15) is 0 Å². The molecule has 0 saturated heterocycles. The maximum atomic E-state index is 12.8. The van der Waals surface area contributed by atoms with Crippen LogP contribution in [0.15, 0.2) is 72.4 Å². The van der Waals surface area contributed by atoms with Gasteiger partial charge in [0.15, 0.2) is 5.82 Å². The monoisotopic (exact) mass is 373 g/mol. The van der Waals surface area contributed by atoms with Gasteiger partial charge in [0.1, 0.15) is 12.1 Å². The molecular formula is C20H19N7O. The summed E-state index contributed by atoms with van der Waals surface area (Å²) in [6.45, 7) is 0.779. The highest BCUT2D eigenvalue weighted by Gasteiger charge is 2.12. The Bertz CT molecular complexity index is 1110. The lowest BCUT2D eigenvalue weighted by Crippen LogP contribution is -2.23. The van der Waals surface area contributed by atoms with E-state index in [-0.39, 0.29) is 5.56 Å². The van der Waals surface area contributed by atoms with Gasteiger partial charge in [0.05, 0.1) is 5.56 Å². The molecule has 0 fully saturated rings. The summed E-state index contributed by atoms with van der Waals surface area (Å²) in [6, 6.07) is 9.43. The Morgan fingerprint density at radius 2 is 1.96 bits per heavy atom. The van der Waals surface area contributed by atoms with Crippen LogP contribution in [0.25, 0.3) is 16.9 Å². The molecule has 140 valence electrons. The second-order valence-electron chi connectivity index (χ2n) is 6.33. The van der Waals surface area contributed by atoms with Crippen molar-refractivity contribution in [3.8, 4) is 16.9 Å². The fraction of sp³-hybridized carbons (Fsp3) is 0.150. The van der Waals surface area contributed by atoms with Crippen LogP contribution in [0.5, 0.6) is 0 Å². The predicted molar refractivity (Wildman–Crippen MR) is 106 cm³/mol. The minimum Gasteiger partial charge on any atom is -0.359 e. The maximum Gasteiger partial charge on any atom is 0.280 e. The van der Waals surface area contributed by atoms with Crippen molar-refractivity contribution in [2.24, 2.45) is 0 Å². The number of nitrogens with zero attached hydrogens (tertiary/aromatic N) is 6. The molecule has 4 aromatic rings. The third-order valence-electron chi connectivity index (χ3n) is 4.49. The zero-order chi connectivity index (χ0) is 19.3. The van der Waals surface area contributed by atoms with Crippen molar-refractivity contribution in [3.63, 3.8) is 0 Å². The van der Waals surface area contributed by atoms with Crippen LogP contribution in [0.3, 0.4) is 0 Å². The van der Waals surface area contributed by atoms with Crippen molar-refractivity contribution >= 4 is 5.82 Å². The molecule has 0 radical (unpaired) electrons. The van der Waals surface area contributed by atoms with Gasteiger partial charge in [-0.1, -0.05) is 6.07 Å². The molecule has 0 aliphatic heterocycles. The van der Waals surface area contributed by atoms with E-state index in [1.807, 2.05) is 30.1 Å². The summed E-state index contributed by atoms with van der Waals surface area (Å²) in [7, 11) is 1.96. The van der Waals surface area contributed by atoms with E-state index >= 15 is 0 Å². The standard InChI is InChI=1S/C20H19N7O/c1-26(10-6-15-4-8-21-9-5-15)18-11-19(24-14-23-18)27-20(28)17(13-25-27)16-3-2-7-22-12-16/h2-5,7-9,11-14,25H,6,10H2,1H3. The van der Waals surface area contributed by atoms with Gasteiger partial charge in [-0.25, -0.2) is 14.6 Å². The van der Waals surface area contributed by atoms with Gasteiger partial charge >= 0.3 is 0 Å². The first-order valence-corrected chi connectivity index (χ1v) is 8.85. The van der Waals surface area contributed by atoms with Gasteiger partial charge in [0, 0.05) is 56.2 Å². The molecule has 0 saturated carbocycles. The lowest BCUT2D eigenvalue weighted by atomic mass is 10.2. The number of aromatic amines is 1. The Morgan fingerprint density at radius 1 is 1.11 bits per heavy atom. The molecule has 0 amide bonds. The third-order valence-corrected chi connectivity index (χ3v) is 4.49. The topological polar surface area (TPSA) is 92.6 Å². The SMILES string of the molecule is CN(CCc1ccncc1)c1cc(-n2[nH]cc(-c3cccnc3)c2=O)ncn1. The second-order valence-corrected chi connectivity index (χ2v) is 6.33. The van der Waals surface area contributed by atoms with Gasteiger partial charge in [-0.05, 0) is 30.2 Å². The van der Waals surface area contributed by atoms with Gasteiger partial charge in [0.2, 0.25) is 0 Å². The highest BCUT2D eigenvalue weighted by molar-refractivity contribution is 5.60. The lowest BCUT2D eigenvalue weighted by Gasteiger charge is -2.18. The van der Waals surface area contributed by atoms with Gasteiger partial charge < -0.3 is 4.90 Å². The number of anilines is 1. The normalized spacial score (nSPS) is 10.8. The van der Waals surface area contributed by atoms with Gasteiger partial charge in [0.25, 0.3) is 5.56 Å². The first-order valence-electron chi connectivity index (χ1n) is 8.85. The van der Waals surface area contributed by atoms with Crippen molar-refractivity contribution < 1.29 is 0 Å². The summed E-state index contributed by atoms with van der Waals surface area (Å²) < 4.78 is 1.41. The summed E-state index contributed by atoms with van der Waals surface area (Å²) in [5.74, 6) is 1.23. The van der Waals surface area contributed by atoms with E-state index in [0.29, 0.717) is 11.4 Å². The molecular weight excluding hydrogens is 354 g/mol. The van der Waals surface area contributed by atoms with Crippen molar-refractivity contribution in [2.75, 3.05) is 18.5 Å². The fourth-order valence-corrected chi connectivity index (χ4v) is 2.90. The van der Waals surface area contributed by atoms with Gasteiger partial charge in [-0.15, -0.1) is 0 Å². The molecule has 1 N–H and O–H groups in total. The maximum absolute atomic E-state index is 12.8. The molecule has 28 heavy (non-hydrogen) atoms. The quantitative estimate of drug-likeness (QED) is 0.556. The fourth-order valence-electron chi connectivity index (χ4n) is 2.90. The summed E-state index contributed by atoms with van der Waals surface area (Å²) >= 11 is 0. The smallest absolute Gasteiger partial charge is 0.280 e. The predicted octanol–water partition coefficient (Wildman–Crippen LogP) is 2.09. The number of pyridine rings is 2. The number of aromatic nitrogens is 6. The lowest BCUT2D eigenvalue weighted by molar-refractivity contribution is 0.801. The molecule has 0 aromatic carbocycles. The molecule has 4 heterocycles. The number of H-pyrrole nitrogens is 1. The van der Waals surface area contributed by atoms with Crippen LogP contribution in [-0.4, -0.2) is 43.3 Å². The Balaban J connectivity index is 1.56. The van der Waals surface area contributed by atoms with E-state index in [1.54, 1.807) is 43.1 Å². The molecule has 8 nitrogen and oxygen atoms in total. The molecule has 0 atom stereocenters. The zero-order valence-electron chi connectivity index (χ0n) is 15.4. The van der Waals surface area contributed by atoms with Crippen LogP contribution in [-0.2, 0) is 6.42 Å². The molecule has 0 unspecified atom stereocenters. The Hall–Kier alpha value is -3.81. The third kappa shape index (κ3) is 3.66. The van der Waals surface area contributed by atoms with Crippen LogP contribution < -0.4 is 10.5 Å². The molecule has 0 bridgehead atoms. The molecule has 0 aliphatic rings. The average molecular weight is 373 g/mol. The minimum atomic E-state index is -0.183. The van der Waals surface area contributed by atoms with Crippen molar-refractivity contribution in [1.29, 1.82) is 0 Å². The molecule has 4 aromatic heterocycles. The zero-order valence-corrected chi connectivity index (χ0v) is 15.4. The second kappa shape index (κ2) is 7.83. The Morgan fingerprint density at radius 3 is 2.75 bits per heavy atom. The minimum absolute atomic E-state index is 0.183. The summed E-state index contributed by atoms with van der Waals surface area (Å²) in [5.41, 5.74) is 2.32. The number of nitrogens with one attached hydrogen (secondary N) is 1. The largest absolute Gasteiger partial charge is 0.359 e. The van der Waals surface area contributed by atoms with E-state index in [0.717, 1.165) is 24.3 Å². The molecule has 8 heteroatoms. The Kier molecular flexibility index (Phi) is 4.92. The molecule has 4 rings (SSSR count). The molecule has 0 aliphatic carbocycles. The van der Waals surface area contributed by atoms with E-state index < -0.39 is 0 Å². The number of rotatable bonds is 6. The average Bonchev–Trinajstić information content (AvgIpc) is 3.15. The number of hydrogen-bond acceptors (Lipinski definition) is 6. The van der Waals surface area contributed by atoms with Crippen LogP contribution in [0.2, 0.25) is 0 Å². The van der Waals surface area contributed by atoms with E-state index in [1.165, 1.54) is 16.6 Å². The summed E-state index contributed by atoms with van der Waals surface area (Å²) in [4.78, 5) is 31.5. The number of likely N-dealkylation sites (N-methyl/N-ethyl adjacent to an activating group) is 1. The Labute approximate surface area is 161 Å². The number of hydrogen-bond donors (Lipinski definition) is 1. The van der Waals surface area contributed by atoms with Crippen LogP contribution >= 0.6 is 0 Å². The van der Waals surface area contributed by atoms with Crippen LogP contribution in [0.1, 0.15) is 5.56 Å². The highest BCUT2D eigenvalue weighted by atomic mass is 16.1. The van der Waals surface area contributed by atoms with Crippen molar-refractivity contribution in [3.05, 3.63) is 83.6 Å². The van der Waals surface area contributed by atoms with E-state index in [4.69, 9.17) is 0 Å². The summed E-state index contributed by atoms with van der Waals surface area (Å²) in [5, 5.41) is 2.97. The highest BCUT2D eigenvalue weighted by Crippen LogP contribution is 2.15. The van der Waals surface area contributed by atoms with E-state index in [2.05, 4.69) is 25.0 Å². The summed E-state index contributed by atoms with van der Waals surface area (Å²) in [6.07, 6.45) is 10.9. The van der Waals surface area contributed by atoms with Crippen LogP contribution in [0, 0.1) is 0 Å². The van der Waals surface area contributed by atoms with E-state index in [9.17, 15) is 4.79 Å². The van der Waals surface area contributed by atoms with Gasteiger partial charge in [-0.3, -0.25) is 19.9 Å². The molecule has 0 spiro atoms. The first-order chi connectivity index (χ1) is 13.7. The van der Waals surface area contributed by atoms with Crippen molar-refractivity contribution in [1.82, 2.24) is 29.7 Å².